The Hall–Kier alpha value is -1.55. The van der Waals surface area contributed by atoms with E-state index in [-0.39, 0.29) is 23.6 Å². The predicted octanol–water partition coefficient (Wildman–Crippen LogP) is 2.12. The summed E-state index contributed by atoms with van der Waals surface area (Å²) in [6, 6.07) is 6.89. The minimum atomic E-state index is -0.0453. The molecule has 1 amide bonds. The molecule has 0 heterocycles. The Morgan fingerprint density at radius 3 is 2.75 bits per heavy atom. The van der Waals surface area contributed by atoms with Gasteiger partial charge < -0.3 is 15.7 Å². The van der Waals surface area contributed by atoms with Gasteiger partial charge in [0.05, 0.1) is 5.92 Å². The fourth-order valence-electron chi connectivity index (χ4n) is 4.01. The zero-order valence-corrected chi connectivity index (χ0v) is 11.8. The van der Waals surface area contributed by atoms with Crippen LogP contribution in [0.4, 0.5) is 5.69 Å². The van der Waals surface area contributed by atoms with Gasteiger partial charge in [0.25, 0.3) is 0 Å². The quantitative estimate of drug-likeness (QED) is 0.887. The Kier molecular flexibility index (Phi) is 3.42. The normalized spacial score (nSPS) is 31.5. The number of hydrogen-bond donors (Lipinski definition) is 2. The van der Waals surface area contributed by atoms with Crippen molar-refractivity contribution in [2.45, 2.75) is 32.2 Å². The molecular formula is C16H22N2O2. The topological polar surface area (TPSA) is 66.6 Å². The molecule has 2 fully saturated rings. The van der Waals surface area contributed by atoms with E-state index in [9.17, 15) is 9.90 Å². The van der Waals surface area contributed by atoms with E-state index in [1.807, 2.05) is 13.0 Å². The third kappa shape index (κ3) is 2.08. The summed E-state index contributed by atoms with van der Waals surface area (Å²) in [5.41, 5.74) is 7.03. The molecule has 4 atom stereocenters. The maximum absolute atomic E-state index is 12.9. The van der Waals surface area contributed by atoms with E-state index in [0.29, 0.717) is 18.4 Å². The van der Waals surface area contributed by atoms with Crippen molar-refractivity contribution in [1.29, 1.82) is 0 Å². The molecule has 1 aromatic rings. The average molecular weight is 274 g/mol. The molecule has 4 heteroatoms. The van der Waals surface area contributed by atoms with Gasteiger partial charge in [-0.15, -0.1) is 0 Å². The highest BCUT2D eigenvalue weighted by Crippen LogP contribution is 2.48. The molecule has 2 aliphatic carbocycles. The molecule has 2 bridgehead atoms. The third-order valence-electron chi connectivity index (χ3n) is 4.99. The molecule has 2 saturated carbocycles. The zero-order valence-electron chi connectivity index (χ0n) is 11.8. The molecule has 108 valence electrons. The molecule has 3 rings (SSSR count). The number of phenols is 1. The summed E-state index contributed by atoms with van der Waals surface area (Å²) in [7, 11) is 0. The first kappa shape index (κ1) is 13.4. The number of carbonyl (C=O) groups excluding carboxylic acids is 1. The monoisotopic (exact) mass is 274 g/mol. The molecule has 0 radical (unpaired) electrons. The first-order chi connectivity index (χ1) is 9.61. The first-order valence-electron chi connectivity index (χ1n) is 7.47. The minimum absolute atomic E-state index is 0.00705. The van der Waals surface area contributed by atoms with Gasteiger partial charge in [0.15, 0.2) is 0 Å². The van der Waals surface area contributed by atoms with E-state index in [4.69, 9.17) is 5.73 Å². The Bertz CT molecular complexity index is 515. The molecule has 0 aliphatic heterocycles. The molecule has 0 saturated heterocycles. The van der Waals surface area contributed by atoms with Crippen molar-refractivity contribution in [3.63, 3.8) is 0 Å². The highest BCUT2D eigenvalue weighted by Gasteiger charge is 2.50. The van der Waals surface area contributed by atoms with Crippen molar-refractivity contribution in [2.24, 2.45) is 23.5 Å². The number of rotatable bonds is 3. The van der Waals surface area contributed by atoms with E-state index in [1.165, 1.54) is 6.42 Å². The maximum atomic E-state index is 12.9. The summed E-state index contributed by atoms with van der Waals surface area (Å²) in [4.78, 5) is 14.6. The summed E-state index contributed by atoms with van der Waals surface area (Å²) >= 11 is 0. The second-order valence-electron chi connectivity index (χ2n) is 6.04. The Labute approximate surface area is 119 Å². The van der Waals surface area contributed by atoms with Gasteiger partial charge in [-0.25, -0.2) is 0 Å². The van der Waals surface area contributed by atoms with Crippen molar-refractivity contribution >= 4 is 11.6 Å². The van der Waals surface area contributed by atoms with Crippen LogP contribution in [0.15, 0.2) is 24.3 Å². The van der Waals surface area contributed by atoms with Crippen LogP contribution < -0.4 is 10.6 Å². The average Bonchev–Trinajstić information content (AvgIpc) is 3.00. The van der Waals surface area contributed by atoms with Crippen LogP contribution in [0.1, 0.15) is 26.2 Å². The van der Waals surface area contributed by atoms with E-state index < -0.39 is 0 Å². The molecular weight excluding hydrogens is 252 g/mol. The summed E-state index contributed by atoms with van der Waals surface area (Å²) in [6.07, 6.45) is 3.41. The number of anilines is 1. The SMILES string of the molecule is CCN(C(=O)C1C2CCC(C2)C1N)c1cccc(O)c1. The molecule has 1 aromatic carbocycles. The first-order valence-corrected chi connectivity index (χ1v) is 7.47. The lowest BCUT2D eigenvalue weighted by molar-refractivity contribution is -0.124. The number of nitrogens with two attached hydrogens (primary N) is 1. The van der Waals surface area contributed by atoms with Gasteiger partial charge in [-0.1, -0.05) is 6.07 Å². The summed E-state index contributed by atoms with van der Waals surface area (Å²) in [6.45, 7) is 2.56. The van der Waals surface area contributed by atoms with E-state index in [2.05, 4.69) is 0 Å². The molecule has 4 unspecified atom stereocenters. The van der Waals surface area contributed by atoms with Gasteiger partial charge in [0.1, 0.15) is 5.75 Å². The van der Waals surface area contributed by atoms with Gasteiger partial charge in [-0.3, -0.25) is 4.79 Å². The predicted molar refractivity (Wildman–Crippen MR) is 78.4 cm³/mol. The molecule has 0 spiro atoms. The van der Waals surface area contributed by atoms with Crippen molar-refractivity contribution in [2.75, 3.05) is 11.4 Å². The van der Waals surface area contributed by atoms with Gasteiger partial charge in [-0.05, 0) is 50.2 Å². The summed E-state index contributed by atoms with van der Waals surface area (Å²) in [5.74, 6) is 1.24. The third-order valence-corrected chi connectivity index (χ3v) is 4.99. The lowest BCUT2D eigenvalue weighted by Crippen LogP contribution is -2.47. The van der Waals surface area contributed by atoms with E-state index >= 15 is 0 Å². The summed E-state index contributed by atoms with van der Waals surface area (Å²) < 4.78 is 0. The Morgan fingerprint density at radius 2 is 2.15 bits per heavy atom. The molecule has 4 nitrogen and oxygen atoms in total. The lowest BCUT2D eigenvalue weighted by Gasteiger charge is -2.32. The van der Waals surface area contributed by atoms with Crippen molar-refractivity contribution in [1.82, 2.24) is 0 Å². The van der Waals surface area contributed by atoms with Crippen molar-refractivity contribution in [3.05, 3.63) is 24.3 Å². The van der Waals surface area contributed by atoms with Crippen LogP contribution in [-0.4, -0.2) is 23.6 Å². The second-order valence-corrected chi connectivity index (χ2v) is 6.04. The Morgan fingerprint density at radius 1 is 1.40 bits per heavy atom. The van der Waals surface area contributed by atoms with Crippen LogP contribution >= 0.6 is 0 Å². The number of aromatic hydroxyl groups is 1. The van der Waals surface area contributed by atoms with Crippen molar-refractivity contribution < 1.29 is 9.90 Å². The zero-order chi connectivity index (χ0) is 14.3. The van der Waals surface area contributed by atoms with Crippen LogP contribution in [0.25, 0.3) is 0 Å². The fraction of sp³-hybridized carbons (Fsp3) is 0.562. The molecule has 20 heavy (non-hydrogen) atoms. The number of carbonyl (C=O) groups is 1. The lowest BCUT2D eigenvalue weighted by atomic mass is 9.84. The number of amides is 1. The maximum Gasteiger partial charge on any atom is 0.231 e. The van der Waals surface area contributed by atoms with Crippen LogP contribution in [0.3, 0.4) is 0 Å². The van der Waals surface area contributed by atoms with Gasteiger partial charge >= 0.3 is 0 Å². The highest BCUT2D eigenvalue weighted by molar-refractivity contribution is 5.96. The minimum Gasteiger partial charge on any atom is -0.508 e. The number of fused-ring (bicyclic) bond motifs is 2. The standard InChI is InChI=1S/C16H22N2O2/c1-2-18(12-4-3-5-13(19)9-12)16(20)14-10-6-7-11(8-10)15(14)17/h3-5,9-11,14-15,19H,2,6-8,17H2,1H3. The molecule has 3 N–H and O–H groups in total. The highest BCUT2D eigenvalue weighted by atomic mass is 16.3. The molecule has 2 aliphatic rings. The van der Waals surface area contributed by atoms with Gasteiger partial charge in [0, 0.05) is 24.3 Å². The fourth-order valence-corrected chi connectivity index (χ4v) is 4.01. The van der Waals surface area contributed by atoms with Crippen LogP contribution in [-0.2, 0) is 4.79 Å². The number of hydrogen-bond acceptors (Lipinski definition) is 3. The largest absolute Gasteiger partial charge is 0.508 e. The van der Waals surface area contributed by atoms with Crippen LogP contribution in [0, 0.1) is 17.8 Å². The van der Waals surface area contributed by atoms with E-state index in [1.54, 1.807) is 23.1 Å². The van der Waals surface area contributed by atoms with Crippen molar-refractivity contribution in [3.8, 4) is 5.75 Å². The number of phenolic OH excluding ortho intramolecular Hbond substituents is 1. The number of benzene rings is 1. The van der Waals surface area contributed by atoms with Gasteiger partial charge in [-0.2, -0.15) is 0 Å². The van der Waals surface area contributed by atoms with Gasteiger partial charge in [0.2, 0.25) is 5.91 Å². The number of nitrogens with zero attached hydrogens (tertiary/aromatic N) is 1. The summed E-state index contributed by atoms with van der Waals surface area (Å²) in [5, 5.41) is 9.60. The Balaban J connectivity index is 1.84. The van der Waals surface area contributed by atoms with Crippen LogP contribution in [0.2, 0.25) is 0 Å². The molecule has 0 aromatic heterocycles. The van der Waals surface area contributed by atoms with E-state index in [0.717, 1.165) is 18.5 Å². The second kappa shape index (κ2) is 5.09. The smallest absolute Gasteiger partial charge is 0.231 e. The van der Waals surface area contributed by atoms with Crippen LogP contribution in [0.5, 0.6) is 5.75 Å².